The van der Waals surface area contributed by atoms with Crippen LogP contribution >= 0.6 is 11.6 Å². The highest BCUT2D eigenvalue weighted by Gasteiger charge is 2.30. The average molecular weight is 436 g/mol. The Kier molecular flexibility index (Phi) is 6.59. The van der Waals surface area contributed by atoms with Crippen LogP contribution in [0.5, 0.6) is 0 Å². The summed E-state index contributed by atoms with van der Waals surface area (Å²) < 4.78 is 38.0. The molecule has 3 aromatic rings. The lowest BCUT2D eigenvalue weighted by atomic mass is 10.1. The van der Waals surface area contributed by atoms with E-state index in [2.05, 4.69) is 10.3 Å². The van der Waals surface area contributed by atoms with Crippen LogP contribution in [0, 0.1) is 0 Å². The van der Waals surface area contributed by atoms with Crippen molar-refractivity contribution in [3.63, 3.8) is 0 Å². The number of nitrogens with one attached hydrogen (secondary N) is 1. The zero-order chi connectivity index (χ0) is 21.7. The number of hydrogen-bond acceptors (Lipinski definition) is 4. The van der Waals surface area contributed by atoms with Crippen LogP contribution in [0.4, 0.5) is 30.4 Å². The van der Waals surface area contributed by atoms with Gasteiger partial charge in [0.2, 0.25) is 0 Å². The molecule has 0 atom stereocenters. The molecule has 30 heavy (non-hydrogen) atoms. The Balaban J connectivity index is 1.83. The van der Waals surface area contributed by atoms with Crippen molar-refractivity contribution in [1.82, 2.24) is 4.98 Å². The third kappa shape index (κ3) is 5.08. The van der Waals surface area contributed by atoms with Gasteiger partial charge in [0.25, 0.3) is 5.91 Å². The Bertz CT molecular complexity index is 1030. The molecule has 2 aromatic carbocycles. The van der Waals surface area contributed by atoms with E-state index >= 15 is 0 Å². The number of rotatable bonds is 6. The minimum absolute atomic E-state index is 0.172. The zero-order valence-corrected chi connectivity index (χ0v) is 16.3. The van der Waals surface area contributed by atoms with E-state index in [1.54, 1.807) is 47.5 Å². The molecule has 3 rings (SSSR count). The molecule has 0 bridgehead atoms. The first kappa shape index (κ1) is 21.6. The average Bonchev–Trinajstić information content (AvgIpc) is 2.72. The van der Waals surface area contributed by atoms with Crippen molar-refractivity contribution in [2.45, 2.75) is 6.18 Å². The number of pyridine rings is 1. The molecule has 9 heteroatoms. The lowest BCUT2D eigenvalue weighted by molar-refractivity contribution is -0.137. The molecule has 0 saturated carbocycles. The molecule has 156 valence electrons. The molecule has 0 saturated heterocycles. The van der Waals surface area contributed by atoms with Crippen LogP contribution in [0.15, 0.2) is 66.9 Å². The molecular formula is C21H17ClF3N3O2. The first-order chi connectivity index (χ1) is 14.3. The number of carbonyl (C=O) groups excluding carboxylic acids is 1. The number of halogens is 4. The summed E-state index contributed by atoms with van der Waals surface area (Å²) in [5.74, 6) is -0.0683. The zero-order valence-electron chi connectivity index (χ0n) is 15.5. The van der Waals surface area contributed by atoms with Gasteiger partial charge in [-0.05, 0) is 54.6 Å². The summed E-state index contributed by atoms with van der Waals surface area (Å²) in [5.41, 5.74) is 0.292. The van der Waals surface area contributed by atoms with E-state index in [4.69, 9.17) is 11.6 Å². The van der Waals surface area contributed by atoms with Crippen molar-refractivity contribution in [3.05, 3.63) is 83.0 Å². The van der Waals surface area contributed by atoms with Crippen molar-refractivity contribution >= 4 is 34.7 Å². The van der Waals surface area contributed by atoms with Gasteiger partial charge < -0.3 is 15.3 Å². The molecule has 5 nitrogen and oxygen atoms in total. The molecule has 0 spiro atoms. The Morgan fingerprint density at radius 2 is 1.83 bits per heavy atom. The molecule has 0 unspecified atom stereocenters. The first-order valence-electron chi connectivity index (χ1n) is 8.87. The van der Waals surface area contributed by atoms with E-state index in [-0.39, 0.29) is 24.4 Å². The van der Waals surface area contributed by atoms with Gasteiger partial charge in [0.1, 0.15) is 0 Å². The summed E-state index contributed by atoms with van der Waals surface area (Å²) in [7, 11) is 0. The molecule has 0 aliphatic rings. The van der Waals surface area contributed by atoms with Crippen LogP contribution in [0.1, 0.15) is 15.9 Å². The second-order valence-electron chi connectivity index (χ2n) is 6.26. The Morgan fingerprint density at radius 1 is 1.10 bits per heavy atom. The maximum absolute atomic E-state index is 12.7. The lowest BCUT2D eigenvalue weighted by Gasteiger charge is -2.24. The Labute approximate surface area is 175 Å². The molecule has 0 aliphatic heterocycles. The minimum atomic E-state index is -4.44. The van der Waals surface area contributed by atoms with Gasteiger partial charge >= 0.3 is 6.18 Å². The van der Waals surface area contributed by atoms with Gasteiger partial charge in [-0.1, -0.05) is 17.7 Å². The SMILES string of the molecule is O=C(Nc1ccc(C(F)(F)F)cc1)c1cccc(N(CCO)c2ncccc2Cl)c1. The highest BCUT2D eigenvalue weighted by Crippen LogP contribution is 2.31. The maximum atomic E-state index is 12.7. The number of alkyl halides is 3. The number of aliphatic hydroxyl groups excluding tert-OH is 1. The summed E-state index contributed by atoms with van der Waals surface area (Å²) in [6, 6.07) is 14.1. The predicted octanol–water partition coefficient (Wildman–Crippen LogP) is 5.14. The normalized spacial score (nSPS) is 11.2. The van der Waals surface area contributed by atoms with Crippen LogP contribution in [0.2, 0.25) is 5.02 Å². The van der Waals surface area contributed by atoms with Gasteiger partial charge in [0, 0.05) is 29.7 Å². The number of aliphatic hydroxyl groups is 1. The summed E-state index contributed by atoms with van der Waals surface area (Å²) in [6.45, 7) is 0.0234. The Morgan fingerprint density at radius 3 is 2.47 bits per heavy atom. The number of benzene rings is 2. The number of anilines is 3. The highest BCUT2D eigenvalue weighted by atomic mass is 35.5. The fourth-order valence-electron chi connectivity index (χ4n) is 2.79. The van der Waals surface area contributed by atoms with Crippen molar-refractivity contribution in [2.75, 3.05) is 23.4 Å². The van der Waals surface area contributed by atoms with Crippen molar-refractivity contribution in [1.29, 1.82) is 0 Å². The quantitative estimate of drug-likeness (QED) is 0.563. The first-order valence-corrected chi connectivity index (χ1v) is 9.25. The second kappa shape index (κ2) is 9.15. The van der Waals surface area contributed by atoms with Crippen LogP contribution in [0.3, 0.4) is 0 Å². The number of amides is 1. The monoisotopic (exact) mass is 435 g/mol. The summed E-state index contributed by atoms with van der Waals surface area (Å²) >= 11 is 6.21. The number of carbonyl (C=O) groups is 1. The number of nitrogens with zero attached hydrogens (tertiary/aromatic N) is 2. The molecule has 1 heterocycles. The fraction of sp³-hybridized carbons (Fsp3) is 0.143. The van der Waals surface area contributed by atoms with Crippen LogP contribution in [-0.4, -0.2) is 29.1 Å². The smallest absolute Gasteiger partial charge is 0.395 e. The molecule has 0 aliphatic carbocycles. The van der Waals surface area contributed by atoms with Gasteiger partial charge in [0.15, 0.2) is 5.82 Å². The van der Waals surface area contributed by atoms with Crippen molar-refractivity contribution in [3.8, 4) is 0 Å². The van der Waals surface area contributed by atoms with Gasteiger partial charge in [-0.3, -0.25) is 4.79 Å². The predicted molar refractivity (Wildman–Crippen MR) is 109 cm³/mol. The molecular weight excluding hydrogens is 419 g/mol. The summed E-state index contributed by atoms with van der Waals surface area (Å²) in [5, 5.41) is 12.4. The van der Waals surface area contributed by atoms with Gasteiger partial charge in [0.05, 0.1) is 17.2 Å². The standard InChI is InChI=1S/C21H17ClF3N3O2/c22-18-5-2-10-26-19(18)28(11-12-29)17-4-1-3-14(13-17)20(30)27-16-8-6-15(7-9-16)21(23,24)25/h1-10,13,29H,11-12H2,(H,27,30). The maximum Gasteiger partial charge on any atom is 0.416 e. The van der Waals surface area contributed by atoms with E-state index in [0.29, 0.717) is 16.5 Å². The number of aromatic nitrogens is 1. The summed E-state index contributed by atoms with van der Waals surface area (Å²) in [4.78, 5) is 18.5. The minimum Gasteiger partial charge on any atom is -0.395 e. The van der Waals surface area contributed by atoms with E-state index in [1.807, 2.05) is 0 Å². The van der Waals surface area contributed by atoms with Gasteiger partial charge in [-0.25, -0.2) is 4.98 Å². The van der Waals surface area contributed by atoms with Crippen LogP contribution in [-0.2, 0) is 6.18 Å². The van der Waals surface area contributed by atoms with Crippen LogP contribution < -0.4 is 10.2 Å². The third-order valence-electron chi connectivity index (χ3n) is 4.21. The Hall–Kier alpha value is -3.10. The largest absolute Gasteiger partial charge is 0.416 e. The summed E-state index contributed by atoms with van der Waals surface area (Å²) in [6.07, 6.45) is -2.88. The third-order valence-corrected chi connectivity index (χ3v) is 4.50. The van der Waals surface area contributed by atoms with E-state index in [9.17, 15) is 23.1 Å². The van der Waals surface area contributed by atoms with Crippen molar-refractivity contribution < 1.29 is 23.1 Å². The molecule has 0 fully saturated rings. The van der Waals surface area contributed by atoms with Crippen LogP contribution in [0.25, 0.3) is 0 Å². The lowest BCUT2D eigenvalue weighted by Crippen LogP contribution is -2.23. The molecule has 2 N–H and O–H groups in total. The van der Waals surface area contributed by atoms with E-state index < -0.39 is 17.6 Å². The molecule has 1 amide bonds. The van der Waals surface area contributed by atoms with Gasteiger partial charge in [-0.15, -0.1) is 0 Å². The fourth-order valence-corrected chi connectivity index (χ4v) is 3.02. The van der Waals surface area contributed by atoms with E-state index in [1.165, 1.54) is 12.1 Å². The number of hydrogen-bond donors (Lipinski definition) is 2. The van der Waals surface area contributed by atoms with E-state index in [0.717, 1.165) is 12.1 Å². The molecule has 1 aromatic heterocycles. The second-order valence-corrected chi connectivity index (χ2v) is 6.67. The van der Waals surface area contributed by atoms with Crippen molar-refractivity contribution in [2.24, 2.45) is 0 Å². The molecule has 0 radical (unpaired) electrons. The topological polar surface area (TPSA) is 65.5 Å². The van der Waals surface area contributed by atoms with Gasteiger partial charge in [-0.2, -0.15) is 13.2 Å². The highest BCUT2D eigenvalue weighted by molar-refractivity contribution is 6.33.